The summed E-state index contributed by atoms with van der Waals surface area (Å²) in [5, 5.41) is 22.2. The van der Waals surface area contributed by atoms with Gasteiger partial charge in [0.15, 0.2) is 0 Å². The van der Waals surface area contributed by atoms with Gasteiger partial charge in [-0.15, -0.1) is 12.4 Å². The zero-order chi connectivity index (χ0) is 20.1. The van der Waals surface area contributed by atoms with Crippen LogP contribution in [0, 0.1) is 5.41 Å². The maximum Gasteiger partial charge on any atom is 0.122 e. The Labute approximate surface area is 176 Å². The fourth-order valence-corrected chi connectivity index (χ4v) is 3.18. The van der Waals surface area contributed by atoms with Gasteiger partial charge in [0.25, 0.3) is 0 Å². The predicted octanol–water partition coefficient (Wildman–Crippen LogP) is 3.52. The molecule has 29 heavy (non-hydrogen) atoms. The van der Waals surface area contributed by atoms with Crippen molar-refractivity contribution in [2.75, 3.05) is 5.32 Å². The van der Waals surface area contributed by atoms with Crippen LogP contribution in [-0.4, -0.2) is 11.8 Å². The van der Waals surface area contributed by atoms with Gasteiger partial charge < -0.3 is 21.0 Å². The summed E-state index contributed by atoms with van der Waals surface area (Å²) in [4.78, 5) is 11.8. The maximum atomic E-state index is 11.8. The summed E-state index contributed by atoms with van der Waals surface area (Å²) in [5.41, 5.74) is 10.5. The quantitative estimate of drug-likeness (QED) is 0.411. The number of nitrogens with one attached hydrogen (secondary N) is 2. The summed E-state index contributed by atoms with van der Waals surface area (Å²) in [5.74, 6) is -1.24. The molecule has 0 fully saturated rings. The van der Waals surface area contributed by atoms with E-state index >= 15 is 0 Å². The Hall–Kier alpha value is -3.31. The van der Waals surface area contributed by atoms with Crippen molar-refractivity contribution in [2.45, 2.75) is 19.4 Å². The van der Waals surface area contributed by atoms with Crippen LogP contribution < -0.4 is 16.2 Å². The molecule has 0 heterocycles. The molecule has 5 nitrogen and oxygen atoms in total. The van der Waals surface area contributed by atoms with Crippen LogP contribution in [0.3, 0.4) is 0 Å². The smallest absolute Gasteiger partial charge is 0.122 e. The highest BCUT2D eigenvalue weighted by molar-refractivity contribution is 5.95. The number of hydrogen-bond acceptors (Lipinski definition) is 4. The third-order valence-corrected chi connectivity index (χ3v) is 4.67. The third-order valence-electron chi connectivity index (χ3n) is 4.67. The van der Waals surface area contributed by atoms with Gasteiger partial charge in [0.05, 0.1) is 12.0 Å². The number of nitrogens with two attached hydrogens (primary N) is 1. The number of benzene rings is 3. The van der Waals surface area contributed by atoms with Gasteiger partial charge in [-0.3, -0.25) is 5.41 Å². The molecule has 0 amide bonds. The van der Waals surface area contributed by atoms with Crippen molar-refractivity contribution in [1.82, 2.24) is 0 Å². The molecule has 0 spiro atoms. The van der Waals surface area contributed by atoms with E-state index in [4.69, 9.17) is 11.1 Å². The van der Waals surface area contributed by atoms with Crippen LogP contribution in [0.15, 0.2) is 72.8 Å². The maximum absolute atomic E-state index is 11.8. The molecule has 1 unspecified atom stereocenters. The summed E-state index contributed by atoms with van der Waals surface area (Å²) < 4.78 is 0. The monoisotopic (exact) mass is 408 g/mol. The number of carboxylic acid groups (broad SMARTS) is 1. The first-order valence-corrected chi connectivity index (χ1v) is 9.09. The van der Waals surface area contributed by atoms with Crippen LogP contribution in [0.25, 0.3) is 11.1 Å². The van der Waals surface area contributed by atoms with Crippen molar-refractivity contribution in [3.63, 3.8) is 0 Å². The Balaban J connectivity index is 0.00000300. The zero-order valence-electron chi connectivity index (χ0n) is 16.0. The topological polar surface area (TPSA) is 102 Å². The van der Waals surface area contributed by atoms with Gasteiger partial charge in [0.1, 0.15) is 5.84 Å². The summed E-state index contributed by atoms with van der Waals surface area (Å²) in [6, 6.07) is 21.5. The first kappa shape index (κ1) is 22.0. The van der Waals surface area contributed by atoms with Gasteiger partial charge in [0, 0.05) is 11.3 Å². The van der Waals surface area contributed by atoms with Crippen LogP contribution in [0.4, 0.5) is 5.69 Å². The number of hydrogen-bond donors (Lipinski definition) is 3. The van der Waals surface area contributed by atoms with E-state index in [0.717, 1.165) is 23.1 Å². The van der Waals surface area contributed by atoms with E-state index in [1.165, 1.54) is 0 Å². The summed E-state index contributed by atoms with van der Waals surface area (Å²) in [6.07, 6.45) is 0.783. The van der Waals surface area contributed by atoms with E-state index in [-0.39, 0.29) is 18.2 Å². The summed E-state index contributed by atoms with van der Waals surface area (Å²) in [6.45, 7) is 2.05. The van der Waals surface area contributed by atoms with Crippen LogP contribution in [0.2, 0.25) is 0 Å². The number of rotatable bonds is 7. The molecule has 0 saturated heterocycles. The molecule has 0 aliphatic rings. The van der Waals surface area contributed by atoms with Crippen molar-refractivity contribution in [2.24, 2.45) is 5.73 Å². The second kappa shape index (κ2) is 9.75. The molecule has 0 bridgehead atoms. The molecular formula is C23H23ClN3O2-. The Bertz CT molecular complexity index is 989. The molecular weight excluding hydrogens is 386 g/mol. The van der Waals surface area contributed by atoms with Crippen molar-refractivity contribution >= 4 is 29.9 Å². The highest BCUT2D eigenvalue weighted by Crippen LogP contribution is 2.28. The molecule has 0 aliphatic heterocycles. The number of nitrogen functional groups attached to an aromatic ring is 1. The number of carbonyl (C=O) groups is 1. The van der Waals surface area contributed by atoms with Crippen LogP contribution >= 0.6 is 12.4 Å². The number of carbonyl (C=O) groups excluding carboxylic acids is 1. The summed E-state index contributed by atoms with van der Waals surface area (Å²) >= 11 is 0. The second-order valence-electron chi connectivity index (χ2n) is 6.52. The Morgan fingerprint density at radius 2 is 1.72 bits per heavy atom. The Morgan fingerprint density at radius 1 is 1.07 bits per heavy atom. The first-order valence-electron chi connectivity index (χ1n) is 9.09. The van der Waals surface area contributed by atoms with E-state index < -0.39 is 12.0 Å². The molecule has 6 heteroatoms. The molecule has 4 N–H and O–H groups in total. The van der Waals surface area contributed by atoms with Gasteiger partial charge in [-0.05, 0) is 52.9 Å². The second-order valence-corrected chi connectivity index (χ2v) is 6.52. The molecule has 150 valence electrons. The number of aryl methyl sites for hydroxylation is 1. The lowest BCUT2D eigenvalue weighted by atomic mass is 9.93. The van der Waals surface area contributed by atoms with E-state index in [0.29, 0.717) is 16.8 Å². The van der Waals surface area contributed by atoms with Gasteiger partial charge >= 0.3 is 0 Å². The lowest BCUT2D eigenvalue weighted by Gasteiger charge is -2.23. The molecule has 1 atom stereocenters. The molecule has 0 radical (unpaired) electrons. The number of aliphatic carboxylic acids is 1. The van der Waals surface area contributed by atoms with Crippen molar-refractivity contribution in [3.05, 3.63) is 89.5 Å². The van der Waals surface area contributed by atoms with Crippen LogP contribution in [0.5, 0.6) is 0 Å². The highest BCUT2D eigenvalue weighted by atomic mass is 35.5. The lowest BCUT2D eigenvalue weighted by Crippen LogP contribution is -2.34. The minimum atomic E-state index is -1.20. The summed E-state index contributed by atoms with van der Waals surface area (Å²) in [7, 11) is 0. The molecule has 3 rings (SSSR count). The largest absolute Gasteiger partial charge is 0.548 e. The van der Waals surface area contributed by atoms with Gasteiger partial charge in [-0.1, -0.05) is 55.5 Å². The number of amidine groups is 1. The predicted molar refractivity (Wildman–Crippen MR) is 117 cm³/mol. The molecule has 3 aromatic carbocycles. The van der Waals surface area contributed by atoms with E-state index in [1.807, 2.05) is 55.5 Å². The zero-order valence-corrected chi connectivity index (χ0v) is 16.8. The van der Waals surface area contributed by atoms with E-state index in [1.54, 1.807) is 24.3 Å². The lowest BCUT2D eigenvalue weighted by molar-refractivity contribution is -0.307. The van der Waals surface area contributed by atoms with E-state index in [2.05, 4.69) is 5.32 Å². The Kier molecular flexibility index (Phi) is 7.39. The van der Waals surface area contributed by atoms with Gasteiger partial charge in [-0.2, -0.15) is 0 Å². The molecule has 3 aromatic rings. The fourth-order valence-electron chi connectivity index (χ4n) is 3.18. The highest BCUT2D eigenvalue weighted by Gasteiger charge is 2.15. The molecule has 0 aromatic heterocycles. The van der Waals surface area contributed by atoms with Gasteiger partial charge in [-0.25, -0.2) is 0 Å². The number of halogens is 1. The molecule has 0 aliphatic carbocycles. The molecule has 0 saturated carbocycles. The van der Waals surface area contributed by atoms with Gasteiger partial charge in [0.2, 0.25) is 0 Å². The number of carboxylic acids is 1. The standard InChI is InChI=1S/C23H23N3O2.ClH/c1-2-15-14-18(10-13-20(15)16-6-4-3-5-7-16)21(23(27)28)26-19-11-8-17(9-12-19)22(24)25;/h3-14,21,26H,2H2,1H3,(H3,24,25)(H,27,28);1H/p-1. The Morgan fingerprint density at radius 3 is 2.28 bits per heavy atom. The minimum Gasteiger partial charge on any atom is -0.548 e. The van der Waals surface area contributed by atoms with Crippen LogP contribution in [-0.2, 0) is 11.2 Å². The normalized spacial score (nSPS) is 11.2. The first-order chi connectivity index (χ1) is 13.5. The van der Waals surface area contributed by atoms with Crippen LogP contribution in [0.1, 0.15) is 29.7 Å². The SMILES string of the molecule is CCc1cc(C(Nc2ccc(C(=N)N)cc2)C(=O)[O-])ccc1-c1ccccc1.Cl. The van der Waals surface area contributed by atoms with Crippen molar-refractivity contribution < 1.29 is 9.90 Å². The average Bonchev–Trinajstić information content (AvgIpc) is 2.72. The number of anilines is 1. The third kappa shape index (κ3) is 5.15. The van der Waals surface area contributed by atoms with Crippen molar-refractivity contribution in [1.29, 1.82) is 5.41 Å². The van der Waals surface area contributed by atoms with E-state index in [9.17, 15) is 9.90 Å². The van der Waals surface area contributed by atoms with Crippen molar-refractivity contribution in [3.8, 4) is 11.1 Å². The average molecular weight is 409 g/mol. The fraction of sp³-hybridized carbons (Fsp3) is 0.130. The minimum absolute atomic E-state index is 0.